The molecular weight excluding hydrogens is 146 g/mol. The first-order valence-corrected chi connectivity index (χ1v) is 3.54. The first kappa shape index (κ1) is 8.45. The van der Waals surface area contributed by atoms with Crippen LogP contribution in [0.4, 0.5) is 0 Å². The summed E-state index contributed by atoms with van der Waals surface area (Å²) in [4.78, 5) is 10.9. The number of nitrogens with two attached hydrogens (primary N) is 1. The van der Waals surface area contributed by atoms with Gasteiger partial charge in [0.25, 0.3) is 5.91 Å². The Bertz CT molecular complexity index is 151. The molecule has 0 unspecified atom stereocenters. The molecule has 0 radical (unpaired) electrons. The maximum Gasteiger partial charge on any atom is 0.251 e. The Morgan fingerprint density at radius 2 is 2.55 bits per heavy atom. The van der Waals surface area contributed by atoms with Gasteiger partial charge >= 0.3 is 0 Å². The maximum atomic E-state index is 10.9. The summed E-state index contributed by atoms with van der Waals surface area (Å²) < 4.78 is 5.05. The molecule has 1 fully saturated rings. The molecule has 0 spiro atoms. The smallest absolute Gasteiger partial charge is 0.251 e. The molecule has 1 amide bonds. The van der Waals surface area contributed by atoms with Crippen LogP contribution < -0.4 is 16.6 Å². The molecule has 0 aliphatic carbocycles. The minimum atomic E-state index is -0.190. The fourth-order valence-corrected chi connectivity index (χ4v) is 1.18. The molecule has 1 heterocycles. The standard InChI is InChI=1S/C6H13N3O2/c1-11-4-2-5(8-3-4)6(10)9-7/h4-5,8H,2-3,7H2,1H3,(H,9,10)/t4-,5+/m1/s1. The molecule has 0 aromatic rings. The second kappa shape index (κ2) is 3.66. The molecule has 5 nitrogen and oxygen atoms in total. The van der Waals surface area contributed by atoms with E-state index in [2.05, 4.69) is 10.7 Å². The number of hydrazine groups is 1. The van der Waals surface area contributed by atoms with Gasteiger partial charge < -0.3 is 10.1 Å². The molecule has 4 N–H and O–H groups in total. The van der Waals surface area contributed by atoms with Crippen LogP contribution in [0.15, 0.2) is 0 Å². The average Bonchev–Trinajstić information content (AvgIpc) is 2.50. The summed E-state index contributed by atoms with van der Waals surface area (Å²) in [5.74, 6) is 4.78. The Hall–Kier alpha value is -0.650. The second-order valence-electron chi connectivity index (χ2n) is 2.56. The van der Waals surface area contributed by atoms with Crippen molar-refractivity contribution in [2.24, 2.45) is 5.84 Å². The number of ether oxygens (including phenoxy) is 1. The van der Waals surface area contributed by atoms with Gasteiger partial charge in [0.15, 0.2) is 0 Å². The van der Waals surface area contributed by atoms with E-state index in [0.717, 1.165) is 0 Å². The number of rotatable bonds is 2. The van der Waals surface area contributed by atoms with Gasteiger partial charge in [-0.2, -0.15) is 0 Å². The number of amides is 1. The highest BCUT2D eigenvalue weighted by molar-refractivity contribution is 5.81. The first-order chi connectivity index (χ1) is 5.27. The van der Waals surface area contributed by atoms with Crippen LogP contribution in [0.3, 0.4) is 0 Å². The van der Waals surface area contributed by atoms with Crippen LogP contribution in [0, 0.1) is 0 Å². The van der Waals surface area contributed by atoms with E-state index in [9.17, 15) is 4.79 Å². The predicted molar refractivity (Wildman–Crippen MR) is 39.5 cm³/mol. The summed E-state index contributed by atoms with van der Waals surface area (Å²) in [6, 6.07) is -0.190. The molecule has 5 heteroatoms. The van der Waals surface area contributed by atoms with Crippen molar-refractivity contribution in [1.29, 1.82) is 0 Å². The van der Waals surface area contributed by atoms with E-state index in [1.54, 1.807) is 7.11 Å². The quantitative estimate of drug-likeness (QED) is 0.256. The molecule has 0 aromatic heterocycles. The van der Waals surface area contributed by atoms with Crippen molar-refractivity contribution in [1.82, 2.24) is 10.7 Å². The van der Waals surface area contributed by atoms with Gasteiger partial charge in [0.05, 0.1) is 12.1 Å². The van der Waals surface area contributed by atoms with Gasteiger partial charge in [0, 0.05) is 13.7 Å². The van der Waals surface area contributed by atoms with Crippen molar-refractivity contribution >= 4 is 5.91 Å². The van der Waals surface area contributed by atoms with E-state index < -0.39 is 0 Å². The maximum absolute atomic E-state index is 10.9. The van der Waals surface area contributed by atoms with E-state index >= 15 is 0 Å². The third kappa shape index (κ3) is 1.89. The lowest BCUT2D eigenvalue weighted by atomic mass is 10.2. The number of carbonyl (C=O) groups excluding carboxylic acids is 1. The minimum Gasteiger partial charge on any atom is -0.380 e. The van der Waals surface area contributed by atoms with Gasteiger partial charge in [-0.05, 0) is 6.42 Å². The van der Waals surface area contributed by atoms with E-state index in [1.165, 1.54) is 0 Å². The highest BCUT2D eigenvalue weighted by Crippen LogP contribution is 2.08. The van der Waals surface area contributed by atoms with Crippen molar-refractivity contribution in [3.05, 3.63) is 0 Å². The van der Waals surface area contributed by atoms with Gasteiger partial charge in [0.2, 0.25) is 0 Å². The van der Waals surface area contributed by atoms with Crippen LogP contribution >= 0.6 is 0 Å². The van der Waals surface area contributed by atoms with Crippen molar-refractivity contribution < 1.29 is 9.53 Å². The molecular formula is C6H13N3O2. The summed E-state index contributed by atoms with van der Waals surface area (Å²) >= 11 is 0. The van der Waals surface area contributed by atoms with Crippen molar-refractivity contribution in [3.8, 4) is 0 Å². The lowest BCUT2D eigenvalue weighted by molar-refractivity contribution is -0.123. The van der Waals surface area contributed by atoms with Crippen LogP contribution in [-0.4, -0.2) is 31.7 Å². The van der Waals surface area contributed by atoms with E-state index in [1.807, 2.05) is 0 Å². The van der Waals surface area contributed by atoms with Gasteiger partial charge in [-0.25, -0.2) is 5.84 Å². The Labute approximate surface area is 65.2 Å². The topological polar surface area (TPSA) is 76.4 Å². The van der Waals surface area contributed by atoms with Gasteiger partial charge in [-0.15, -0.1) is 0 Å². The fraction of sp³-hybridized carbons (Fsp3) is 0.833. The Balaban J connectivity index is 2.35. The SMILES string of the molecule is CO[C@H]1CN[C@H](C(=O)NN)C1. The van der Waals surface area contributed by atoms with Gasteiger partial charge in [-0.3, -0.25) is 10.2 Å². The van der Waals surface area contributed by atoms with Crippen LogP contribution in [0.1, 0.15) is 6.42 Å². The van der Waals surface area contributed by atoms with Crippen molar-refractivity contribution in [3.63, 3.8) is 0 Å². The Kier molecular flexibility index (Phi) is 2.81. The molecule has 0 aromatic carbocycles. The minimum absolute atomic E-state index is 0.136. The van der Waals surface area contributed by atoms with E-state index in [0.29, 0.717) is 13.0 Å². The highest BCUT2D eigenvalue weighted by atomic mass is 16.5. The first-order valence-electron chi connectivity index (χ1n) is 3.54. The van der Waals surface area contributed by atoms with Crippen LogP contribution in [-0.2, 0) is 9.53 Å². The number of methoxy groups -OCH3 is 1. The molecule has 11 heavy (non-hydrogen) atoms. The molecule has 0 bridgehead atoms. The second-order valence-corrected chi connectivity index (χ2v) is 2.56. The van der Waals surface area contributed by atoms with Crippen LogP contribution in [0.25, 0.3) is 0 Å². The lowest BCUT2D eigenvalue weighted by Crippen LogP contribution is -2.43. The van der Waals surface area contributed by atoms with Crippen molar-refractivity contribution in [2.45, 2.75) is 18.6 Å². The van der Waals surface area contributed by atoms with Crippen LogP contribution in [0.5, 0.6) is 0 Å². The average molecular weight is 159 g/mol. The predicted octanol–water partition coefficient (Wildman–Crippen LogP) is -1.65. The zero-order chi connectivity index (χ0) is 8.27. The van der Waals surface area contributed by atoms with E-state index in [4.69, 9.17) is 10.6 Å². The molecule has 1 rings (SSSR count). The van der Waals surface area contributed by atoms with Gasteiger partial charge in [0.1, 0.15) is 0 Å². The summed E-state index contributed by atoms with van der Waals surface area (Å²) in [7, 11) is 1.63. The largest absolute Gasteiger partial charge is 0.380 e. The third-order valence-electron chi connectivity index (χ3n) is 1.88. The number of carbonyl (C=O) groups is 1. The summed E-state index contributed by atoms with van der Waals surface area (Å²) in [6.07, 6.45) is 0.830. The molecule has 64 valence electrons. The third-order valence-corrected chi connectivity index (χ3v) is 1.88. The van der Waals surface area contributed by atoms with E-state index in [-0.39, 0.29) is 18.1 Å². The van der Waals surface area contributed by atoms with Crippen LogP contribution in [0.2, 0.25) is 0 Å². The molecule has 1 saturated heterocycles. The zero-order valence-corrected chi connectivity index (χ0v) is 6.46. The lowest BCUT2D eigenvalue weighted by Gasteiger charge is -2.06. The summed E-state index contributed by atoms with van der Waals surface area (Å²) in [5, 5.41) is 2.99. The Morgan fingerprint density at radius 1 is 1.82 bits per heavy atom. The summed E-state index contributed by atoms with van der Waals surface area (Å²) in [5.41, 5.74) is 2.09. The molecule has 0 saturated carbocycles. The number of hydrogen-bond acceptors (Lipinski definition) is 4. The summed E-state index contributed by atoms with van der Waals surface area (Å²) in [6.45, 7) is 0.717. The molecule has 1 aliphatic heterocycles. The highest BCUT2D eigenvalue weighted by Gasteiger charge is 2.28. The van der Waals surface area contributed by atoms with Crippen molar-refractivity contribution in [2.75, 3.05) is 13.7 Å². The normalized spacial score (nSPS) is 30.4. The molecule has 2 atom stereocenters. The number of hydrogen-bond donors (Lipinski definition) is 3. The monoisotopic (exact) mass is 159 g/mol. The van der Waals surface area contributed by atoms with Gasteiger partial charge in [-0.1, -0.05) is 0 Å². The fourth-order valence-electron chi connectivity index (χ4n) is 1.18. The zero-order valence-electron chi connectivity index (χ0n) is 6.46. The number of nitrogens with one attached hydrogen (secondary N) is 2. The molecule has 1 aliphatic rings. The Morgan fingerprint density at radius 3 is 3.00 bits per heavy atom.